The van der Waals surface area contributed by atoms with E-state index in [-0.39, 0.29) is 12.1 Å². The van der Waals surface area contributed by atoms with E-state index in [4.69, 9.17) is 5.73 Å². The molecule has 2 aliphatic rings. The molecular formula is C8H17N3O2S. The molecule has 0 bridgehead atoms. The zero-order valence-electron chi connectivity index (χ0n) is 8.15. The molecule has 1 saturated heterocycles. The summed E-state index contributed by atoms with van der Waals surface area (Å²) in [6, 6.07) is 0.185. The van der Waals surface area contributed by atoms with Gasteiger partial charge in [0.1, 0.15) is 0 Å². The molecular weight excluding hydrogens is 202 g/mol. The first-order valence-corrected chi connectivity index (χ1v) is 6.56. The molecule has 1 atom stereocenters. The van der Waals surface area contributed by atoms with Crippen LogP contribution in [0.2, 0.25) is 0 Å². The van der Waals surface area contributed by atoms with E-state index in [1.165, 1.54) is 4.31 Å². The van der Waals surface area contributed by atoms with Crippen LogP contribution in [0.1, 0.15) is 25.7 Å². The van der Waals surface area contributed by atoms with Crippen LogP contribution in [0.4, 0.5) is 0 Å². The van der Waals surface area contributed by atoms with Crippen LogP contribution in [0.3, 0.4) is 0 Å². The predicted octanol–water partition coefficient (Wildman–Crippen LogP) is -0.594. The van der Waals surface area contributed by atoms with Gasteiger partial charge < -0.3 is 5.73 Å². The Kier molecular flexibility index (Phi) is 2.79. The van der Waals surface area contributed by atoms with E-state index < -0.39 is 10.2 Å². The fourth-order valence-electron chi connectivity index (χ4n) is 1.84. The lowest BCUT2D eigenvalue weighted by atomic mass is 10.2. The van der Waals surface area contributed by atoms with E-state index in [1.807, 2.05) is 0 Å². The Morgan fingerprint density at radius 2 is 2.07 bits per heavy atom. The summed E-state index contributed by atoms with van der Waals surface area (Å²) >= 11 is 0. The topological polar surface area (TPSA) is 75.4 Å². The van der Waals surface area contributed by atoms with E-state index in [0.29, 0.717) is 13.1 Å². The van der Waals surface area contributed by atoms with Crippen LogP contribution in [0.25, 0.3) is 0 Å². The summed E-state index contributed by atoms with van der Waals surface area (Å²) < 4.78 is 27.8. The van der Waals surface area contributed by atoms with E-state index in [9.17, 15) is 8.42 Å². The number of rotatable bonds is 4. The minimum absolute atomic E-state index is 0.00579. The summed E-state index contributed by atoms with van der Waals surface area (Å²) in [5.74, 6) is 0. The molecule has 5 nitrogen and oxygen atoms in total. The highest BCUT2D eigenvalue weighted by molar-refractivity contribution is 7.87. The lowest BCUT2D eigenvalue weighted by Gasteiger charge is -2.22. The van der Waals surface area contributed by atoms with Crippen LogP contribution in [-0.4, -0.2) is 37.9 Å². The van der Waals surface area contributed by atoms with Gasteiger partial charge in [0.2, 0.25) is 0 Å². The van der Waals surface area contributed by atoms with E-state index >= 15 is 0 Å². The van der Waals surface area contributed by atoms with Gasteiger partial charge in [0.25, 0.3) is 10.2 Å². The molecule has 2 fully saturated rings. The standard InChI is InChI=1S/C8H17N3O2S/c9-6-8-2-1-5-11(8)14(12,13)10-7-3-4-7/h7-8,10H,1-6,9H2. The van der Waals surface area contributed by atoms with Gasteiger partial charge in [-0.3, -0.25) is 0 Å². The number of hydrogen-bond acceptors (Lipinski definition) is 3. The SMILES string of the molecule is NCC1CCCN1S(=O)(=O)NC1CC1. The molecule has 3 N–H and O–H groups in total. The lowest BCUT2D eigenvalue weighted by molar-refractivity contribution is 0.385. The maximum absolute atomic E-state index is 11.8. The van der Waals surface area contributed by atoms with Gasteiger partial charge >= 0.3 is 0 Å². The van der Waals surface area contributed by atoms with Gasteiger partial charge in [-0.25, -0.2) is 0 Å². The van der Waals surface area contributed by atoms with E-state index in [0.717, 1.165) is 25.7 Å². The third-order valence-electron chi connectivity index (χ3n) is 2.80. The number of hydrogen-bond donors (Lipinski definition) is 2. The van der Waals surface area contributed by atoms with Gasteiger partial charge in [0.15, 0.2) is 0 Å². The Labute approximate surface area is 84.8 Å². The second kappa shape index (κ2) is 3.77. The van der Waals surface area contributed by atoms with Crippen LogP contribution >= 0.6 is 0 Å². The Morgan fingerprint density at radius 3 is 2.64 bits per heavy atom. The van der Waals surface area contributed by atoms with Gasteiger partial charge in [-0.1, -0.05) is 0 Å². The first kappa shape index (κ1) is 10.4. The van der Waals surface area contributed by atoms with E-state index in [1.54, 1.807) is 0 Å². The molecule has 0 amide bonds. The highest BCUT2D eigenvalue weighted by Gasteiger charge is 2.36. The van der Waals surface area contributed by atoms with Crippen LogP contribution in [-0.2, 0) is 10.2 Å². The average Bonchev–Trinajstić information content (AvgIpc) is 2.80. The Balaban J connectivity index is 2.03. The van der Waals surface area contributed by atoms with Crippen molar-refractivity contribution >= 4 is 10.2 Å². The molecule has 82 valence electrons. The monoisotopic (exact) mass is 219 g/mol. The van der Waals surface area contributed by atoms with Gasteiger partial charge in [0.05, 0.1) is 0 Å². The number of nitrogens with zero attached hydrogens (tertiary/aromatic N) is 1. The molecule has 6 heteroatoms. The summed E-state index contributed by atoms with van der Waals surface area (Å²) in [5, 5.41) is 0. The fraction of sp³-hybridized carbons (Fsp3) is 1.00. The molecule has 0 aromatic carbocycles. The summed E-state index contributed by atoms with van der Waals surface area (Å²) in [4.78, 5) is 0. The van der Waals surface area contributed by atoms with Crippen molar-refractivity contribution in [3.05, 3.63) is 0 Å². The minimum Gasteiger partial charge on any atom is -0.329 e. The maximum Gasteiger partial charge on any atom is 0.279 e. The summed E-state index contributed by atoms with van der Waals surface area (Å²) in [6.45, 7) is 1.04. The van der Waals surface area contributed by atoms with Crippen LogP contribution in [0.5, 0.6) is 0 Å². The third kappa shape index (κ3) is 2.08. The quantitative estimate of drug-likeness (QED) is 0.663. The van der Waals surface area contributed by atoms with Crippen molar-refractivity contribution in [3.8, 4) is 0 Å². The van der Waals surface area contributed by atoms with Crippen molar-refractivity contribution in [2.45, 2.75) is 37.8 Å². The van der Waals surface area contributed by atoms with Crippen molar-refractivity contribution in [1.82, 2.24) is 9.03 Å². The van der Waals surface area contributed by atoms with Crippen molar-refractivity contribution in [1.29, 1.82) is 0 Å². The molecule has 0 spiro atoms. The van der Waals surface area contributed by atoms with Gasteiger partial charge in [-0.2, -0.15) is 17.4 Å². The molecule has 1 aliphatic carbocycles. The smallest absolute Gasteiger partial charge is 0.279 e. The normalized spacial score (nSPS) is 29.6. The highest BCUT2D eigenvalue weighted by Crippen LogP contribution is 2.24. The maximum atomic E-state index is 11.8. The van der Waals surface area contributed by atoms with Crippen molar-refractivity contribution in [3.63, 3.8) is 0 Å². The van der Waals surface area contributed by atoms with Crippen LogP contribution in [0, 0.1) is 0 Å². The van der Waals surface area contributed by atoms with Gasteiger partial charge in [-0.15, -0.1) is 0 Å². The molecule has 2 rings (SSSR count). The molecule has 1 unspecified atom stereocenters. The first-order valence-electron chi connectivity index (χ1n) is 5.12. The largest absolute Gasteiger partial charge is 0.329 e. The third-order valence-corrected chi connectivity index (χ3v) is 4.53. The van der Waals surface area contributed by atoms with Crippen molar-refractivity contribution in [2.75, 3.05) is 13.1 Å². The summed E-state index contributed by atoms with van der Waals surface area (Å²) in [5.41, 5.74) is 5.53. The molecule has 1 aliphatic heterocycles. The number of nitrogens with two attached hydrogens (primary N) is 1. The highest BCUT2D eigenvalue weighted by atomic mass is 32.2. The Bertz CT molecular complexity index is 300. The second-order valence-corrected chi connectivity index (χ2v) is 5.69. The Hall–Kier alpha value is -0.170. The zero-order chi connectivity index (χ0) is 10.2. The number of nitrogens with one attached hydrogen (secondary N) is 1. The molecule has 14 heavy (non-hydrogen) atoms. The van der Waals surface area contributed by atoms with Crippen molar-refractivity contribution < 1.29 is 8.42 Å². The zero-order valence-corrected chi connectivity index (χ0v) is 8.96. The molecule has 0 radical (unpaired) electrons. The summed E-state index contributed by atoms with van der Waals surface area (Å²) in [6.07, 6.45) is 3.76. The van der Waals surface area contributed by atoms with Crippen LogP contribution < -0.4 is 10.5 Å². The molecule has 0 aromatic rings. The molecule has 0 aromatic heterocycles. The Morgan fingerprint density at radius 1 is 1.36 bits per heavy atom. The van der Waals surface area contributed by atoms with Gasteiger partial charge in [-0.05, 0) is 25.7 Å². The van der Waals surface area contributed by atoms with E-state index in [2.05, 4.69) is 4.72 Å². The fourth-order valence-corrected chi connectivity index (χ4v) is 3.59. The molecule has 1 heterocycles. The second-order valence-electron chi connectivity index (χ2n) is 4.04. The lowest BCUT2D eigenvalue weighted by Crippen LogP contribution is -2.46. The predicted molar refractivity (Wildman–Crippen MR) is 53.9 cm³/mol. The van der Waals surface area contributed by atoms with Crippen LogP contribution in [0.15, 0.2) is 0 Å². The summed E-state index contributed by atoms with van der Waals surface area (Å²) in [7, 11) is -3.25. The minimum atomic E-state index is -3.25. The first-order chi connectivity index (χ1) is 6.63. The average molecular weight is 219 g/mol. The van der Waals surface area contributed by atoms with Gasteiger partial charge in [0, 0.05) is 25.2 Å². The van der Waals surface area contributed by atoms with Crippen molar-refractivity contribution in [2.24, 2.45) is 5.73 Å². The molecule has 1 saturated carbocycles.